The molecule has 0 aromatic carbocycles. The highest BCUT2D eigenvalue weighted by molar-refractivity contribution is 7.21. The van der Waals surface area contributed by atoms with Crippen LogP contribution < -0.4 is 10.9 Å². The van der Waals surface area contributed by atoms with Crippen molar-refractivity contribution in [1.82, 2.24) is 19.8 Å². The van der Waals surface area contributed by atoms with Gasteiger partial charge in [0.25, 0.3) is 11.5 Å². The molecular weight excluding hydrogens is 384 g/mol. The van der Waals surface area contributed by atoms with Crippen LogP contribution in [0.2, 0.25) is 0 Å². The van der Waals surface area contributed by atoms with Gasteiger partial charge in [-0.15, -0.1) is 11.3 Å². The van der Waals surface area contributed by atoms with Gasteiger partial charge < -0.3 is 19.8 Å². The molecule has 1 aliphatic heterocycles. The first kappa shape index (κ1) is 19.9. The van der Waals surface area contributed by atoms with Crippen LogP contribution in [0.25, 0.3) is 21.5 Å². The van der Waals surface area contributed by atoms with E-state index in [0.717, 1.165) is 51.4 Å². The van der Waals surface area contributed by atoms with Crippen LogP contribution in [0.5, 0.6) is 0 Å². The van der Waals surface area contributed by atoms with Crippen molar-refractivity contribution in [3.05, 3.63) is 44.7 Å². The summed E-state index contributed by atoms with van der Waals surface area (Å²) in [4.78, 5) is 31.3. The van der Waals surface area contributed by atoms with E-state index in [1.54, 1.807) is 23.0 Å². The SMILES string of the molecule is Cc1cc(-c2[nH]c3cc(C(=O)N(C)[C@H]4CCNC4)sc3c2C(C)C)cn(C)c1=O. The molecular formula is C22H28N4O2S. The van der Waals surface area contributed by atoms with Crippen molar-refractivity contribution < 1.29 is 4.79 Å². The summed E-state index contributed by atoms with van der Waals surface area (Å²) in [6.07, 6.45) is 2.88. The van der Waals surface area contributed by atoms with Gasteiger partial charge in [0.2, 0.25) is 0 Å². The molecule has 6 nitrogen and oxygen atoms in total. The van der Waals surface area contributed by atoms with E-state index in [0.29, 0.717) is 0 Å². The van der Waals surface area contributed by atoms with Crippen molar-refractivity contribution in [3.63, 3.8) is 0 Å². The number of aromatic nitrogens is 2. The number of pyridine rings is 1. The molecule has 1 fully saturated rings. The first-order valence-corrected chi connectivity index (χ1v) is 10.9. The van der Waals surface area contributed by atoms with E-state index in [9.17, 15) is 9.59 Å². The van der Waals surface area contributed by atoms with Crippen LogP contribution in [0.4, 0.5) is 0 Å². The number of likely N-dealkylation sites (N-methyl/N-ethyl adjacent to an activating group) is 1. The summed E-state index contributed by atoms with van der Waals surface area (Å²) in [6, 6.07) is 4.18. The third-order valence-corrected chi connectivity index (χ3v) is 7.00. The fourth-order valence-electron chi connectivity index (χ4n) is 4.21. The molecule has 154 valence electrons. The number of nitrogens with one attached hydrogen (secondary N) is 2. The van der Waals surface area contributed by atoms with Gasteiger partial charge in [-0.1, -0.05) is 13.8 Å². The van der Waals surface area contributed by atoms with Crippen LogP contribution in [-0.4, -0.2) is 46.5 Å². The molecule has 3 aromatic rings. The van der Waals surface area contributed by atoms with Crippen LogP contribution in [0, 0.1) is 6.92 Å². The molecule has 0 unspecified atom stereocenters. The fraction of sp³-hybridized carbons (Fsp3) is 0.455. The van der Waals surface area contributed by atoms with Crippen molar-refractivity contribution in [1.29, 1.82) is 0 Å². The van der Waals surface area contributed by atoms with Gasteiger partial charge in [-0.05, 0) is 43.5 Å². The summed E-state index contributed by atoms with van der Waals surface area (Å²) >= 11 is 1.56. The zero-order valence-electron chi connectivity index (χ0n) is 17.6. The lowest BCUT2D eigenvalue weighted by Crippen LogP contribution is -2.37. The Balaban J connectivity index is 1.77. The normalized spacial score (nSPS) is 16.8. The Morgan fingerprint density at radius 2 is 2.10 bits per heavy atom. The molecule has 4 rings (SSSR count). The molecule has 1 atom stereocenters. The van der Waals surface area contributed by atoms with Crippen LogP contribution in [0.15, 0.2) is 23.1 Å². The van der Waals surface area contributed by atoms with Crippen LogP contribution in [-0.2, 0) is 7.05 Å². The van der Waals surface area contributed by atoms with Gasteiger partial charge in [-0.25, -0.2) is 0 Å². The summed E-state index contributed by atoms with van der Waals surface area (Å²) in [5.41, 5.74) is 4.96. The Labute approximate surface area is 174 Å². The molecule has 0 spiro atoms. The Hall–Kier alpha value is -2.38. The monoisotopic (exact) mass is 412 g/mol. The number of amides is 1. The molecule has 1 saturated heterocycles. The highest BCUT2D eigenvalue weighted by atomic mass is 32.1. The van der Waals surface area contributed by atoms with Crippen molar-refractivity contribution >= 4 is 27.5 Å². The lowest BCUT2D eigenvalue weighted by atomic mass is 9.99. The number of fused-ring (bicyclic) bond motifs is 1. The maximum absolute atomic E-state index is 13.0. The number of aryl methyl sites for hydroxylation is 2. The molecule has 3 aromatic heterocycles. The minimum atomic E-state index is 0.0190. The average Bonchev–Trinajstić information content (AvgIpc) is 3.39. The minimum Gasteiger partial charge on any atom is -0.354 e. The van der Waals surface area contributed by atoms with E-state index in [4.69, 9.17) is 0 Å². The molecule has 0 aliphatic carbocycles. The second-order valence-corrected chi connectivity index (χ2v) is 9.36. The number of nitrogens with zero attached hydrogens (tertiary/aromatic N) is 2. The van der Waals surface area contributed by atoms with Gasteiger partial charge in [0.15, 0.2) is 0 Å². The van der Waals surface area contributed by atoms with Crippen LogP contribution in [0.3, 0.4) is 0 Å². The standard InChI is InChI=1S/C22H28N4O2S/c1-12(2)18-19(14-8-13(3)21(27)25(4)11-14)24-16-9-17(29-20(16)18)22(28)26(5)15-6-7-23-10-15/h8-9,11-12,15,23-24H,6-7,10H2,1-5H3/t15-/m0/s1. The highest BCUT2D eigenvalue weighted by Crippen LogP contribution is 2.40. The Morgan fingerprint density at radius 3 is 2.72 bits per heavy atom. The molecule has 2 N–H and O–H groups in total. The largest absolute Gasteiger partial charge is 0.354 e. The zero-order valence-corrected chi connectivity index (χ0v) is 18.4. The summed E-state index contributed by atoms with van der Waals surface area (Å²) in [5.74, 6) is 0.372. The van der Waals surface area contributed by atoms with Gasteiger partial charge >= 0.3 is 0 Å². The van der Waals surface area contributed by atoms with Gasteiger partial charge in [0.05, 0.1) is 20.8 Å². The molecule has 1 aliphatic rings. The van der Waals surface area contributed by atoms with Crippen molar-refractivity contribution in [2.24, 2.45) is 7.05 Å². The third-order valence-electron chi connectivity index (χ3n) is 5.85. The predicted molar refractivity (Wildman–Crippen MR) is 119 cm³/mol. The Bertz CT molecular complexity index is 1110. The summed E-state index contributed by atoms with van der Waals surface area (Å²) in [5, 5.41) is 3.32. The minimum absolute atomic E-state index is 0.0190. The number of thiophene rings is 1. The zero-order chi connectivity index (χ0) is 20.9. The lowest BCUT2D eigenvalue weighted by molar-refractivity contribution is 0.0748. The average molecular weight is 413 g/mol. The van der Waals surface area contributed by atoms with Crippen LogP contribution >= 0.6 is 11.3 Å². The summed E-state index contributed by atoms with van der Waals surface area (Å²) < 4.78 is 2.76. The van der Waals surface area contributed by atoms with E-state index < -0.39 is 0 Å². The van der Waals surface area contributed by atoms with Gasteiger partial charge in [-0.3, -0.25) is 9.59 Å². The van der Waals surface area contributed by atoms with Crippen molar-refractivity contribution in [3.8, 4) is 11.3 Å². The predicted octanol–water partition coefficient (Wildman–Crippen LogP) is 3.46. The first-order chi connectivity index (χ1) is 13.8. The molecule has 1 amide bonds. The third kappa shape index (κ3) is 3.42. The number of H-pyrrole nitrogens is 1. The van der Waals surface area contributed by atoms with Gasteiger partial charge in [-0.2, -0.15) is 0 Å². The number of rotatable bonds is 4. The van der Waals surface area contributed by atoms with E-state index in [1.165, 1.54) is 5.56 Å². The topological polar surface area (TPSA) is 70.1 Å². The maximum atomic E-state index is 13.0. The molecule has 29 heavy (non-hydrogen) atoms. The van der Waals surface area contributed by atoms with E-state index in [1.807, 2.05) is 37.2 Å². The Morgan fingerprint density at radius 1 is 1.34 bits per heavy atom. The number of carbonyl (C=O) groups is 1. The second kappa shape index (κ2) is 7.46. The molecule has 4 heterocycles. The van der Waals surface area contributed by atoms with Crippen LogP contribution in [0.1, 0.15) is 47.0 Å². The van der Waals surface area contributed by atoms with E-state index in [-0.39, 0.29) is 23.4 Å². The number of carbonyl (C=O) groups excluding carboxylic acids is 1. The number of aromatic amines is 1. The molecule has 0 radical (unpaired) electrons. The van der Waals surface area contributed by atoms with Crippen molar-refractivity contribution in [2.75, 3.05) is 20.1 Å². The smallest absolute Gasteiger partial charge is 0.264 e. The fourth-order valence-corrected chi connectivity index (χ4v) is 5.50. The van der Waals surface area contributed by atoms with Crippen molar-refractivity contribution in [2.45, 2.75) is 39.2 Å². The van der Waals surface area contributed by atoms with E-state index in [2.05, 4.69) is 24.1 Å². The molecule has 0 bridgehead atoms. The quantitative estimate of drug-likeness (QED) is 0.689. The summed E-state index contributed by atoms with van der Waals surface area (Å²) in [7, 11) is 3.68. The molecule has 0 saturated carbocycles. The Kier molecular flexibility index (Phi) is 5.12. The maximum Gasteiger partial charge on any atom is 0.264 e. The number of hydrogen-bond donors (Lipinski definition) is 2. The van der Waals surface area contributed by atoms with Gasteiger partial charge in [0, 0.05) is 44.0 Å². The van der Waals surface area contributed by atoms with Gasteiger partial charge in [0.1, 0.15) is 0 Å². The number of hydrogen-bond acceptors (Lipinski definition) is 4. The summed E-state index contributed by atoms with van der Waals surface area (Å²) in [6.45, 7) is 8.00. The highest BCUT2D eigenvalue weighted by Gasteiger charge is 2.27. The van der Waals surface area contributed by atoms with E-state index >= 15 is 0 Å². The molecule has 7 heteroatoms. The second-order valence-electron chi connectivity index (χ2n) is 8.31. The lowest BCUT2D eigenvalue weighted by Gasteiger charge is -2.23. The first-order valence-electron chi connectivity index (χ1n) is 10.1.